The van der Waals surface area contributed by atoms with Gasteiger partial charge in [0, 0.05) is 5.56 Å². The van der Waals surface area contributed by atoms with E-state index in [0.29, 0.717) is 5.56 Å². The molecule has 1 aromatic carbocycles. The Bertz CT molecular complexity index is 553. The SMILES string of the molecule is CCCNC(C)c1nnc(-c2ccc(F)c(C)c2)s1. The Labute approximate surface area is 116 Å². The third kappa shape index (κ3) is 3.36. The summed E-state index contributed by atoms with van der Waals surface area (Å²) >= 11 is 1.55. The van der Waals surface area contributed by atoms with Gasteiger partial charge in [-0.1, -0.05) is 18.3 Å². The van der Waals surface area contributed by atoms with Crippen molar-refractivity contribution in [2.24, 2.45) is 0 Å². The highest BCUT2D eigenvalue weighted by atomic mass is 32.1. The molecule has 0 saturated carbocycles. The summed E-state index contributed by atoms with van der Waals surface area (Å²) in [5.41, 5.74) is 1.55. The predicted molar refractivity (Wildman–Crippen MR) is 76.7 cm³/mol. The molecular formula is C14H18FN3S. The van der Waals surface area contributed by atoms with Gasteiger partial charge in [-0.15, -0.1) is 10.2 Å². The van der Waals surface area contributed by atoms with Crippen molar-refractivity contribution in [3.63, 3.8) is 0 Å². The maximum Gasteiger partial charge on any atom is 0.147 e. The second-order valence-corrected chi connectivity index (χ2v) is 5.59. The fourth-order valence-electron chi connectivity index (χ4n) is 1.75. The molecule has 0 saturated heterocycles. The third-order valence-electron chi connectivity index (χ3n) is 2.92. The highest BCUT2D eigenvalue weighted by Crippen LogP contribution is 2.27. The van der Waals surface area contributed by atoms with E-state index in [1.54, 1.807) is 24.3 Å². The van der Waals surface area contributed by atoms with Crippen LogP contribution in [0.25, 0.3) is 10.6 Å². The van der Waals surface area contributed by atoms with Crippen LogP contribution in [0.5, 0.6) is 0 Å². The lowest BCUT2D eigenvalue weighted by Crippen LogP contribution is -2.18. The van der Waals surface area contributed by atoms with E-state index in [2.05, 4.69) is 29.4 Å². The van der Waals surface area contributed by atoms with Gasteiger partial charge in [-0.3, -0.25) is 0 Å². The quantitative estimate of drug-likeness (QED) is 0.906. The number of nitrogens with one attached hydrogen (secondary N) is 1. The zero-order chi connectivity index (χ0) is 13.8. The summed E-state index contributed by atoms with van der Waals surface area (Å²) in [6, 6.07) is 5.23. The van der Waals surface area contributed by atoms with Gasteiger partial charge in [0.15, 0.2) is 0 Å². The van der Waals surface area contributed by atoms with Gasteiger partial charge in [0.2, 0.25) is 0 Å². The van der Waals surface area contributed by atoms with Gasteiger partial charge in [-0.25, -0.2) is 4.39 Å². The van der Waals surface area contributed by atoms with Gasteiger partial charge >= 0.3 is 0 Å². The van der Waals surface area contributed by atoms with Crippen LogP contribution in [0.15, 0.2) is 18.2 Å². The molecule has 1 unspecified atom stereocenters. The summed E-state index contributed by atoms with van der Waals surface area (Å²) in [5.74, 6) is -0.188. The largest absolute Gasteiger partial charge is 0.308 e. The van der Waals surface area contributed by atoms with E-state index >= 15 is 0 Å². The van der Waals surface area contributed by atoms with Crippen LogP contribution in [0.4, 0.5) is 4.39 Å². The average Bonchev–Trinajstić information content (AvgIpc) is 2.89. The van der Waals surface area contributed by atoms with Crippen LogP contribution in [0.1, 0.15) is 36.9 Å². The average molecular weight is 279 g/mol. The van der Waals surface area contributed by atoms with E-state index in [4.69, 9.17) is 0 Å². The van der Waals surface area contributed by atoms with Crippen molar-refractivity contribution in [1.29, 1.82) is 0 Å². The molecule has 0 bridgehead atoms. The first kappa shape index (κ1) is 14.1. The molecule has 0 aliphatic heterocycles. The van der Waals surface area contributed by atoms with Crippen molar-refractivity contribution in [3.8, 4) is 10.6 Å². The van der Waals surface area contributed by atoms with Crippen LogP contribution in [0.2, 0.25) is 0 Å². The Hall–Kier alpha value is -1.33. The number of rotatable bonds is 5. The summed E-state index contributed by atoms with van der Waals surface area (Å²) in [6.45, 7) is 6.93. The topological polar surface area (TPSA) is 37.8 Å². The third-order valence-corrected chi connectivity index (χ3v) is 4.07. The maximum atomic E-state index is 13.2. The smallest absolute Gasteiger partial charge is 0.147 e. The summed E-state index contributed by atoms with van der Waals surface area (Å²) in [6.07, 6.45) is 1.09. The Morgan fingerprint density at radius 2 is 2.16 bits per heavy atom. The molecule has 5 heteroatoms. The van der Waals surface area contributed by atoms with Crippen molar-refractivity contribution < 1.29 is 4.39 Å². The molecule has 1 atom stereocenters. The van der Waals surface area contributed by atoms with Crippen molar-refractivity contribution in [2.45, 2.75) is 33.2 Å². The number of benzene rings is 1. The molecule has 2 aromatic rings. The molecule has 1 N–H and O–H groups in total. The number of hydrogen-bond acceptors (Lipinski definition) is 4. The molecule has 2 rings (SSSR count). The van der Waals surface area contributed by atoms with E-state index in [0.717, 1.165) is 28.5 Å². The minimum Gasteiger partial charge on any atom is -0.308 e. The van der Waals surface area contributed by atoms with E-state index in [-0.39, 0.29) is 11.9 Å². The van der Waals surface area contributed by atoms with E-state index in [1.807, 2.05) is 6.07 Å². The van der Waals surface area contributed by atoms with Gasteiger partial charge in [-0.05, 0) is 50.6 Å². The molecule has 0 spiro atoms. The number of halogens is 1. The normalized spacial score (nSPS) is 12.6. The predicted octanol–water partition coefficient (Wildman–Crippen LogP) is 3.71. The van der Waals surface area contributed by atoms with E-state index in [9.17, 15) is 4.39 Å². The van der Waals surface area contributed by atoms with E-state index in [1.165, 1.54) is 6.07 Å². The minimum atomic E-state index is -0.188. The second kappa shape index (κ2) is 6.21. The molecule has 1 heterocycles. The maximum absolute atomic E-state index is 13.2. The molecule has 102 valence electrons. The van der Waals surface area contributed by atoms with Crippen molar-refractivity contribution in [2.75, 3.05) is 6.54 Å². The number of nitrogens with zero attached hydrogens (tertiary/aromatic N) is 2. The highest BCUT2D eigenvalue weighted by Gasteiger charge is 2.12. The Kier molecular flexibility index (Phi) is 4.61. The molecule has 0 radical (unpaired) electrons. The standard InChI is InChI=1S/C14H18FN3S/c1-4-7-16-10(3)13-17-18-14(19-13)11-5-6-12(15)9(2)8-11/h5-6,8,10,16H,4,7H2,1-3H3. The molecular weight excluding hydrogens is 261 g/mol. The summed E-state index contributed by atoms with van der Waals surface area (Å²) in [5, 5.41) is 13.6. The fraction of sp³-hybridized carbons (Fsp3) is 0.429. The lowest BCUT2D eigenvalue weighted by Gasteiger charge is -2.08. The van der Waals surface area contributed by atoms with Crippen LogP contribution < -0.4 is 5.32 Å². The zero-order valence-electron chi connectivity index (χ0n) is 11.4. The summed E-state index contributed by atoms with van der Waals surface area (Å²) < 4.78 is 13.2. The lowest BCUT2D eigenvalue weighted by atomic mass is 10.1. The van der Waals surface area contributed by atoms with Crippen molar-refractivity contribution >= 4 is 11.3 Å². The van der Waals surface area contributed by atoms with Gasteiger partial charge in [0.1, 0.15) is 15.8 Å². The fourth-order valence-corrected chi connectivity index (χ4v) is 2.62. The van der Waals surface area contributed by atoms with Gasteiger partial charge in [-0.2, -0.15) is 0 Å². The van der Waals surface area contributed by atoms with Crippen molar-refractivity contribution in [3.05, 3.63) is 34.6 Å². The Morgan fingerprint density at radius 3 is 2.84 bits per heavy atom. The molecule has 1 aromatic heterocycles. The molecule has 0 fully saturated rings. The van der Waals surface area contributed by atoms with Crippen LogP contribution >= 0.6 is 11.3 Å². The Balaban J connectivity index is 2.18. The second-order valence-electron chi connectivity index (χ2n) is 4.59. The first-order chi connectivity index (χ1) is 9.11. The lowest BCUT2D eigenvalue weighted by molar-refractivity contribution is 0.564. The number of hydrogen-bond donors (Lipinski definition) is 1. The molecule has 3 nitrogen and oxygen atoms in total. The summed E-state index contributed by atoms with van der Waals surface area (Å²) in [4.78, 5) is 0. The first-order valence-electron chi connectivity index (χ1n) is 6.45. The van der Waals surface area contributed by atoms with Crippen LogP contribution in [0, 0.1) is 12.7 Å². The monoisotopic (exact) mass is 279 g/mol. The minimum absolute atomic E-state index is 0.188. The molecule has 0 amide bonds. The van der Waals surface area contributed by atoms with Crippen LogP contribution in [-0.2, 0) is 0 Å². The molecule has 19 heavy (non-hydrogen) atoms. The van der Waals surface area contributed by atoms with Gasteiger partial charge < -0.3 is 5.32 Å². The Morgan fingerprint density at radius 1 is 1.37 bits per heavy atom. The van der Waals surface area contributed by atoms with Gasteiger partial charge in [0.25, 0.3) is 0 Å². The number of aromatic nitrogens is 2. The van der Waals surface area contributed by atoms with Crippen LogP contribution in [0.3, 0.4) is 0 Å². The first-order valence-corrected chi connectivity index (χ1v) is 7.26. The highest BCUT2D eigenvalue weighted by molar-refractivity contribution is 7.14. The number of aryl methyl sites for hydroxylation is 1. The summed E-state index contributed by atoms with van der Waals surface area (Å²) in [7, 11) is 0. The van der Waals surface area contributed by atoms with Crippen molar-refractivity contribution in [1.82, 2.24) is 15.5 Å². The molecule has 0 aliphatic rings. The zero-order valence-corrected chi connectivity index (χ0v) is 12.2. The van der Waals surface area contributed by atoms with E-state index < -0.39 is 0 Å². The van der Waals surface area contributed by atoms with Gasteiger partial charge in [0.05, 0.1) is 6.04 Å². The molecule has 0 aliphatic carbocycles. The van der Waals surface area contributed by atoms with Crippen LogP contribution in [-0.4, -0.2) is 16.7 Å².